The molecule has 0 unspecified atom stereocenters. The first-order valence-electron chi connectivity index (χ1n) is 5.48. The lowest BCUT2D eigenvalue weighted by Gasteiger charge is -2.05. The van der Waals surface area contributed by atoms with Gasteiger partial charge in [-0.05, 0) is 46.3 Å². The molecule has 0 atom stereocenters. The van der Waals surface area contributed by atoms with Crippen LogP contribution in [0.5, 0.6) is 0 Å². The van der Waals surface area contributed by atoms with Crippen LogP contribution in [0.4, 0.5) is 10.1 Å². The molecule has 1 aromatic heterocycles. The maximum Gasteiger partial charge on any atom is 0.125 e. The molecule has 2 rings (SSSR count). The van der Waals surface area contributed by atoms with Crippen molar-refractivity contribution in [1.29, 1.82) is 0 Å². The fraction of sp³-hybridized carbons (Fsp3) is 0.154. The van der Waals surface area contributed by atoms with Crippen LogP contribution >= 0.6 is 27.7 Å². The number of nitrogens with zero attached hydrogens (tertiary/aromatic N) is 1. The molecule has 18 heavy (non-hydrogen) atoms. The number of hydrogen-bond donors (Lipinski definition) is 1. The Bertz CT molecular complexity index is 505. The molecular formula is C13H12BrFN2S. The van der Waals surface area contributed by atoms with Gasteiger partial charge in [0.15, 0.2) is 0 Å². The van der Waals surface area contributed by atoms with Crippen LogP contribution in [-0.4, -0.2) is 17.3 Å². The molecule has 1 N–H and O–H groups in total. The second-order valence-electron chi connectivity index (χ2n) is 3.60. The fourth-order valence-electron chi connectivity index (χ4n) is 1.40. The van der Waals surface area contributed by atoms with Gasteiger partial charge >= 0.3 is 0 Å². The zero-order valence-electron chi connectivity index (χ0n) is 9.57. The van der Waals surface area contributed by atoms with E-state index in [1.54, 1.807) is 24.0 Å². The van der Waals surface area contributed by atoms with E-state index in [1.807, 2.05) is 18.2 Å². The van der Waals surface area contributed by atoms with E-state index < -0.39 is 0 Å². The third kappa shape index (κ3) is 4.31. The van der Waals surface area contributed by atoms with Crippen LogP contribution in [0, 0.1) is 5.82 Å². The standard InChI is InChI=1S/C13H12BrFN2S/c14-10-4-5-13(17-9-10)18-7-6-16-12-3-1-2-11(15)8-12/h1-5,8-9,16H,6-7H2. The van der Waals surface area contributed by atoms with Crippen LogP contribution in [0.1, 0.15) is 0 Å². The van der Waals surface area contributed by atoms with Gasteiger partial charge in [-0.3, -0.25) is 0 Å². The molecule has 1 heterocycles. The van der Waals surface area contributed by atoms with Gasteiger partial charge in [0.05, 0.1) is 5.03 Å². The third-order valence-electron chi connectivity index (χ3n) is 2.21. The number of thioether (sulfide) groups is 1. The van der Waals surface area contributed by atoms with E-state index in [1.165, 1.54) is 12.1 Å². The Balaban J connectivity index is 1.74. The van der Waals surface area contributed by atoms with Crippen LogP contribution < -0.4 is 5.32 Å². The summed E-state index contributed by atoms with van der Waals surface area (Å²) in [6.07, 6.45) is 1.78. The van der Waals surface area contributed by atoms with Crippen molar-refractivity contribution in [3.8, 4) is 0 Å². The highest BCUT2D eigenvalue weighted by molar-refractivity contribution is 9.10. The molecule has 2 aromatic rings. The lowest BCUT2D eigenvalue weighted by atomic mass is 10.3. The Kier molecular flexibility index (Phi) is 5.01. The number of anilines is 1. The molecule has 0 aliphatic heterocycles. The minimum absolute atomic E-state index is 0.220. The molecular weight excluding hydrogens is 315 g/mol. The molecule has 0 radical (unpaired) electrons. The number of benzene rings is 1. The van der Waals surface area contributed by atoms with Crippen molar-refractivity contribution < 1.29 is 4.39 Å². The topological polar surface area (TPSA) is 24.9 Å². The van der Waals surface area contributed by atoms with Gasteiger partial charge in [-0.15, -0.1) is 11.8 Å². The number of pyridine rings is 1. The van der Waals surface area contributed by atoms with Gasteiger partial charge < -0.3 is 5.32 Å². The van der Waals surface area contributed by atoms with Crippen molar-refractivity contribution in [2.75, 3.05) is 17.6 Å². The predicted octanol–water partition coefficient (Wildman–Crippen LogP) is 4.19. The van der Waals surface area contributed by atoms with Crippen molar-refractivity contribution in [3.63, 3.8) is 0 Å². The SMILES string of the molecule is Fc1cccc(NCCSc2ccc(Br)cn2)c1. The van der Waals surface area contributed by atoms with Crippen molar-refractivity contribution in [1.82, 2.24) is 4.98 Å². The molecule has 0 saturated heterocycles. The highest BCUT2D eigenvalue weighted by atomic mass is 79.9. The molecule has 0 spiro atoms. The predicted molar refractivity (Wildman–Crippen MR) is 77.6 cm³/mol. The Morgan fingerprint density at radius 1 is 1.28 bits per heavy atom. The van der Waals surface area contributed by atoms with E-state index >= 15 is 0 Å². The third-order valence-corrected chi connectivity index (χ3v) is 3.62. The highest BCUT2D eigenvalue weighted by Crippen LogP contribution is 2.17. The zero-order valence-corrected chi connectivity index (χ0v) is 12.0. The second-order valence-corrected chi connectivity index (χ2v) is 5.63. The van der Waals surface area contributed by atoms with E-state index in [0.29, 0.717) is 0 Å². The molecule has 0 bridgehead atoms. The Morgan fingerprint density at radius 2 is 2.17 bits per heavy atom. The summed E-state index contributed by atoms with van der Waals surface area (Å²) >= 11 is 5.01. The molecule has 0 amide bonds. The number of hydrogen-bond acceptors (Lipinski definition) is 3. The lowest BCUT2D eigenvalue weighted by molar-refractivity contribution is 0.628. The minimum atomic E-state index is -0.220. The van der Waals surface area contributed by atoms with Crippen molar-refractivity contribution in [2.45, 2.75) is 5.03 Å². The number of aromatic nitrogens is 1. The van der Waals surface area contributed by atoms with Crippen LogP contribution in [0.2, 0.25) is 0 Å². The summed E-state index contributed by atoms with van der Waals surface area (Å²) in [6.45, 7) is 0.770. The summed E-state index contributed by atoms with van der Waals surface area (Å²) in [5.74, 6) is 0.660. The van der Waals surface area contributed by atoms with Gasteiger partial charge in [0.1, 0.15) is 5.82 Å². The summed E-state index contributed by atoms with van der Waals surface area (Å²) in [4.78, 5) is 4.27. The first kappa shape index (κ1) is 13.4. The van der Waals surface area contributed by atoms with Gasteiger partial charge in [0.25, 0.3) is 0 Å². The molecule has 0 saturated carbocycles. The molecule has 94 valence electrons. The van der Waals surface area contributed by atoms with E-state index in [2.05, 4.69) is 26.2 Å². The molecule has 0 aliphatic carbocycles. The van der Waals surface area contributed by atoms with Crippen molar-refractivity contribution in [3.05, 3.63) is 52.9 Å². The highest BCUT2D eigenvalue weighted by Gasteiger charge is 1.97. The van der Waals surface area contributed by atoms with Gasteiger partial charge in [-0.2, -0.15) is 0 Å². The second kappa shape index (κ2) is 6.75. The molecule has 0 fully saturated rings. The smallest absolute Gasteiger partial charge is 0.125 e. The Morgan fingerprint density at radius 3 is 2.89 bits per heavy atom. The van der Waals surface area contributed by atoms with E-state index in [0.717, 1.165) is 27.5 Å². The first-order chi connectivity index (χ1) is 8.74. The molecule has 0 aliphatic rings. The number of rotatable bonds is 5. The van der Waals surface area contributed by atoms with Crippen molar-refractivity contribution >= 4 is 33.4 Å². The van der Waals surface area contributed by atoms with E-state index in [4.69, 9.17) is 0 Å². The Labute approximate surface area is 118 Å². The van der Waals surface area contributed by atoms with Gasteiger partial charge in [-0.25, -0.2) is 9.37 Å². The monoisotopic (exact) mass is 326 g/mol. The van der Waals surface area contributed by atoms with Gasteiger partial charge in [0, 0.05) is 28.7 Å². The summed E-state index contributed by atoms with van der Waals surface area (Å²) in [5, 5.41) is 4.15. The fourth-order valence-corrected chi connectivity index (χ4v) is 2.34. The van der Waals surface area contributed by atoms with Gasteiger partial charge in [-0.1, -0.05) is 6.07 Å². The summed E-state index contributed by atoms with van der Waals surface area (Å²) in [7, 11) is 0. The van der Waals surface area contributed by atoms with Crippen LogP contribution in [0.3, 0.4) is 0 Å². The average Bonchev–Trinajstić information content (AvgIpc) is 2.37. The lowest BCUT2D eigenvalue weighted by Crippen LogP contribution is -2.04. The summed E-state index contributed by atoms with van der Waals surface area (Å²) in [6, 6.07) is 10.4. The quantitative estimate of drug-likeness (QED) is 0.658. The minimum Gasteiger partial charge on any atom is -0.384 e. The average molecular weight is 327 g/mol. The van der Waals surface area contributed by atoms with Crippen LogP contribution in [-0.2, 0) is 0 Å². The van der Waals surface area contributed by atoms with E-state index in [-0.39, 0.29) is 5.82 Å². The maximum absolute atomic E-state index is 12.9. The van der Waals surface area contributed by atoms with E-state index in [9.17, 15) is 4.39 Å². The summed E-state index contributed by atoms with van der Waals surface area (Å²) in [5.41, 5.74) is 0.805. The summed E-state index contributed by atoms with van der Waals surface area (Å²) < 4.78 is 13.9. The van der Waals surface area contributed by atoms with Crippen LogP contribution in [0.15, 0.2) is 52.1 Å². The maximum atomic E-state index is 12.9. The molecule has 5 heteroatoms. The molecule has 2 nitrogen and oxygen atoms in total. The number of halogens is 2. The van der Waals surface area contributed by atoms with Crippen LogP contribution in [0.25, 0.3) is 0 Å². The number of nitrogens with one attached hydrogen (secondary N) is 1. The normalized spacial score (nSPS) is 10.3. The largest absolute Gasteiger partial charge is 0.384 e. The Hall–Kier alpha value is -1.07. The van der Waals surface area contributed by atoms with Crippen molar-refractivity contribution in [2.24, 2.45) is 0 Å². The van der Waals surface area contributed by atoms with Gasteiger partial charge in [0.2, 0.25) is 0 Å². The zero-order chi connectivity index (χ0) is 12.8. The first-order valence-corrected chi connectivity index (χ1v) is 7.26. The molecule has 1 aromatic carbocycles.